The minimum absolute atomic E-state index is 0.0686. The zero-order valence-electron chi connectivity index (χ0n) is 18.3. The van der Waals surface area contributed by atoms with Crippen LogP contribution in [0.2, 0.25) is 0 Å². The SMILES string of the molecule is CC(C)CN(C[C@@H](O)[C@H](Cc1ccccc1)NC(=O)O)S(=O)(=O)c1ccc2[nH]c(=O)oc2c1. The molecule has 1 heterocycles. The molecule has 0 aliphatic heterocycles. The second-order valence-corrected chi connectivity index (χ2v) is 10.1. The Hall–Kier alpha value is -3.15. The lowest BCUT2D eigenvalue weighted by Gasteiger charge is -2.30. The summed E-state index contributed by atoms with van der Waals surface area (Å²) in [5, 5.41) is 22.4. The molecule has 0 bridgehead atoms. The molecule has 0 fully saturated rings. The maximum absolute atomic E-state index is 13.4. The Labute approximate surface area is 190 Å². The number of aliphatic hydroxyl groups excluding tert-OH is 1. The molecule has 0 saturated heterocycles. The van der Waals surface area contributed by atoms with Crippen LogP contribution >= 0.6 is 0 Å². The number of benzene rings is 2. The van der Waals surface area contributed by atoms with Crippen LogP contribution in [0, 0.1) is 5.92 Å². The fraction of sp³-hybridized carbons (Fsp3) is 0.364. The van der Waals surface area contributed by atoms with E-state index in [4.69, 9.17) is 4.42 Å². The van der Waals surface area contributed by atoms with Gasteiger partial charge in [0.15, 0.2) is 5.58 Å². The van der Waals surface area contributed by atoms with Gasteiger partial charge in [0.1, 0.15) is 0 Å². The smallest absolute Gasteiger partial charge is 0.417 e. The lowest BCUT2D eigenvalue weighted by molar-refractivity contribution is 0.0980. The number of nitrogens with zero attached hydrogens (tertiary/aromatic N) is 1. The van der Waals surface area contributed by atoms with Crippen LogP contribution in [-0.4, -0.2) is 59.2 Å². The molecular formula is C22H27N3O7S. The van der Waals surface area contributed by atoms with Crippen molar-refractivity contribution >= 4 is 27.2 Å². The highest BCUT2D eigenvalue weighted by atomic mass is 32.2. The topological polar surface area (TPSA) is 153 Å². The van der Waals surface area contributed by atoms with Crippen LogP contribution in [-0.2, 0) is 16.4 Å². The Morgan fingerprint density at radius 2 is 1.85 bits per heavy atom. The van der Waals surface area contributed by atoms with Crippen LogP contribution in [0.1, 0.15) is 19.4 Å². The summed E-state index contributed by atoms with van der Waals surface area (Å²) in [5.41, 5.74) is 1.25. The molecule has 1 aromatic heterocycles. The standard InChI is InChI=1S/C22H27N3O7S/c1-14(2)12-25(33(30,31)16-8-9-17-20(11-16)32-22(29)24-17)13-19(26)18(23-21(27)28)10-15-6-4-3-5-7-15/h3-9,11,14,18-19,23,26H,10,12-13H2,1-2H3,(H,24,29)(H,27,28)/t18-,19+/m0/s1. The molecule has 3 aromatic rings. The summed E-state index contributed by atoms with van der Waals surface area (Å²) in [5.74, 6) is -0.765. The van der Waals surface area contributed by atoms with Crippen LogP contribution in [0.3, 0.4) is 0 Å². The van der Waals surface area contributed by atoms with Crippen molar-refractivity contribution in [2.24, 2.45) is 5.92 Å². The van der Waals surface area contributed by atoms with E-state index in [9.17, 15) is 28.2 Å². The maximum atomic E-state index is 13.4. The molecule has 0 aliphatic carbocycles. The van der Waals surface area contributed by atoms with Gasteiger partial charge in [0.25, 0.3) is 0 Å². The first-order chi connectivity index (χ1) is 15.6. The highest BCUT2D eigenvalue weighted by Crippen LogP contribution is 2.22. The molecule has 178 valence electrons. The van der Waals surface area contributed by atoms with Crippen molar-refractivity contribution in [2.45, 2.75) is 37.3 Å². The van der Waals surface area contributed by atoms with Gasteiger partial charge in [-0.25, -0.2) is 18.0 Å². The number of sulfonamides is 1. The van der Waals surface area contributed by atoms with Crippen molar-refractivity contribution < 1.29 is 27.8 Å². The quantitative estimate of drug-likeness (QED) is 0.348. The number of carbonyl (C=O) groups is 1. The number of aliphatic hydroxyl groups is 1. The lowest BCUT2D eigenvalue weighted by Crippen LogP contribution is -2.50. The number of fused-ring (bicyclic) bond motifs is 1. The van der Waals surface area contributed by atoms with Crippen LogP contribution in [0.4, 0.5) is 4.79 Å². The van der Waals surface area contributed by atoms with Gasteiger partial charge in [0.05, 0.1) is 22.6 Å². The van der Waals surface area contributed by atoms with Crippen LogP contribution in [0.5, 0.6) is 0 Å². The van der Waals surface area contributed by atoms with Crippen molar-refractivity contribution in [1.29, 1.82) is 0 Å². The van der Waals surface area contributed by atoms with Gasteiger partial charge in [-0.1, -0.05) is 44.2 Å². The van der Waals surface area contributed by atoms with Gasteiger partial charge in [0, 0.05) is 19.2 Å². The van der Waals surface area contributed by atoms with E-state index in [-0.39, 0.29) is 35.9 Å². The van der Waals surface area contributed by atoms with Crippen molar-refractivity contribution in [2.75, 3.05) is 13.1 Å². The minimum atomic E-state index is -4.09. The average molecular weight is 478 g/mol. The van der Waals surface area contributed by atoms with Gasteiger partial charge >= 0.3 is 11.8 Å². The van der Waals surface area contributed by atoms with E-state index < -0.39 is 34.0 Å². The molecular weight excluding hydrogens is 450 g/mol. The Kier molecular flexibility index (Phi) is 7.57. The summed E-state index contributed by atoms with van der Waals surface area (Å²) in [6.45, 7) is 3.44. The second-order valence-electron chi connectivity index (χ2n) is 8.20. The third-order valence-corrected chi connectivity index (χ3v) is 6.89. The van der Waals surface area contributed by atoms with Crippen molar-refractivity contribution in [1.82, 2.24) is 14.6 Å². The number of carboxylic acid groups (broad SMARTS) is 1. The monoisotopic (exact) mass is 477 g/mol. The number of nitrogens with one attached hydrogen (secondary N) is 2. The number of H-pyrrole nitrogens is 1. The van der Waals surface area contributed by atoms with E-state index >= 15 is 0 Å². The Morgan fingerprint density at radius 1 is 1.15 bits per heavy atom. The molecule has 2 atom stereocenters. The van der Waals surface area contributed by atoms with E-state index in [1.54, 1.807) is 24.3 Å². The highest BCUT2D eigenvalue weighted by Gasteiger charge is 2.31. The number of hydrogen-bond acceptors (Lipinski definition) is 6. The first kappa shape index (κ1) is 24.5. The molecule has 0 spiro atoms. The Balaban J connectivity index is 1.89. The van der Waals surface area contributed by atoms with E-state index in [0.717, 1.165) is 9.87 Å². The molecule has 11 heteroatoms. The van der Waals surface area contributed by atoms with E-state index in [0.29, 0.717) is 5.52 Å². The molecule has 2 aromatic carbocycles. The molecule has 0 saturated carbocycles. The van der Waals surface area contributed by atoms with Gasteiger partial charge < -0.3 is 19.9 Å². The summed E-state index contributed by atoms with van der Waals surface area (Å²) in [4.78, 5) is 25.1. The van der Waals surface area contributed by atoms with E-state index in [2.05, 4.69) is 10.3 Å². The fourth-order valence-corrected chi connectivity index (χ4v) is 5.20. The normalized spacial score (nSPS) is 14.0. The number of hydrogen-bond donors (Lipinski definition) is 4. The second kappa shape index (κ2) is 10.2. The third-order valence-electron chi connectivity index (χ3n) is 5.06. The van der Waals surface area contributed by atoms with Gasteiger partial charge in [0.2, 0.25) is 10.0 Å². The predicted octanol–water partition coefficient (Wildman–Crippen LogP) is 2.01. The number of aromatic amines is 1. The first-order valence-electron chi connectivity index (χ1n) is 10.4. The molecule has 10 nitrogen and oxygen atoms in total. The van der Waals surface area contributed by atoms with Crippen molar-refractivity contribution in [3.8, 4) is 0 Å². The van der Waals surface area contributed by atoms with Gasteiger partial charge in [-0.3, -0.25) is 4.98 Å². The number of rotatable bonds is 10. The van der Waals surface area contributed by atoms with E-state index in [1.807, 2.05) is 19.9 Å². The minimum Gasteiger partial charge on any atom is -0.465 e. The molecule has 4 N–H and O–H groups in total. The van der Waals surface area contributed by atoms with Crippen molar-refractivity contribution in [3.05, 3.63) is 64.6 Å². The van der Waals surface area contributed by atoms with Crippen LogP contribution in [0.15, 0.2) is 62.6 Å². The summed E-state index contributed by atoms with van der Waals surface area (Å²) < 4.78 is 32.9. The number of oxazole rings is 1. The van der Waals surface area contributed by atoms with E-state index in [1.165, 1.54) is 18.2 Å². The molecule has 33 heavy (non-hydrogen) atoms. The van der Waals surface area contributed by atoms with Gasteiger partial charge in [-0.15, -0.1) is 0 Å². The summed E-state index contributed by atoms with van der Waals surface area (Å²) in [6.07, 6.45) is -2.45. The molecule has 0 radical (unpaired) electrons. The Bertz CT molecular complexity index is 1250. The summed E-state index contributed by atoms with van der Waals surface area (Å²) in [7, 11) is -4.09. The Morgan fingerprint density at radius 3 is 2.48 bits per heavy atom. The van der Waals surface area contributed by atoms with Crippen LogP contribution < -0.4 is 11.1 Å². The molecule has 0 aliphatic rings. The zero-order valence-corrected chi connectivity index (χ0v) is 19.1. The number of amides is 1. The number of aromatic nitrogens is 1. The molecule has 0 unspecified atom stereocenters. The van der Waals surface area contributed by atoms with Crippen LogP contribution in [0.25, 0.3) is 11.1 Å². The lowest BCUT2D eigenvalue weighted by atomic mass is 10.0. The first-order valence-corrected chi connectivity index (χ1v) is 11.8. The summed E-state index contributed by atoms with van der Waals surface area (Å²) in [6, 6.07) is 12.1. The fourth-order valence-electron chi connectivity index (χ4n) is 3.56. The van der Waals surface area contributed by atoms with Crippen molar-refractivity contribution in [3.63, 3.8) is 0 Å². The zero-order chi connectivity index (χ0) is 24.2. The average Bonchev–Trinajstić information content (AvgIpc) is 3.12. The largest absolute Gasteiger partial charge is 0.465 e. The highest BCUT2D eigenvalue weighted by molar-refractivity contribution is 7.89. The third kappa shape index (κ3) is 6.21. The predicted molar refractivity (Wildman–Crippen MR) is 122 cm³/mol. The summed E-state index contributed by atoms with van der Waals surface area (Å²) >= 11 is 0. The molecule has 1 amide bonds. The molecule has 3 rings (SSSR count). The van der Waals surface area contributed by atoms with Gasteiger partial charge in [-0.05, 0) is 30.0 Å². The van der Waals surface area contributed by atoms with Gasteiger partial charge in [-0.2, -0.15) is 4.31 Å². The maximum Gasteiger partial charge on any atom is 0.417 e.